The predicted molar refractivity (Wildman–Crippen MR) is 84.3 cm³/mol. The van der Waals surface area contributed by atoms with E-state index in [9.17, 15) is 9.59 Å². The Bertz CT molecular complexity index is 575. The molecule has 0 atom stereocenters. The van der Waals surface area contributed by atoms with Gasteiger partial charge in [-0.05, 0) is 57.2 Å². The number of carbonyl (C=O) groups excluding carboxylic acids is 1. The molecule has 0 aliphatic carbocycles. The van der Waals surface area contributed by atoms with E-state index < -0.39 is 11.6 Å². The Morgan fingerprint density at radius 2 is 2.05 bits per heavy atom. The molecule has 5 heteroatoms. The molecule has 0 bridgehead atoms. The van der Waals surface area contributed by atoms with E-state index in [1.165, 1.54) is 0 Å². The first-order valence-corrected chi connectivity index (χ1v) is 7.61. The van der Waals surface area contributed by atoms with E-state index in [0.29, 0.717) is 13.0 Å². The van der Waals surface area contributed by atoms with Crippen molar-refractivity contribution in [1.82, 2.24) is 0 Å². The van der Waals surface area contributed by atoms with Crippen LogP contribution in [0.1, 0.15) is 44.7 Å². The molecule has 0 aromatic heterocycles. The highest BCUT2D eigenvalue weighted by Crippen LogP contribution is 2.32. The van der Waals surface area contributed by atoms with Gasteiger partial charge in [-0.2, -0.15) is 0 Å². The second-order valence-corrected chi connectivity index (χ2v) is 6.54. The maximum absolute atomic E-state index is 12.3. The molecule has 1 aliphatic heterocycles. The molecule has 1 aliphatic rings. The number of hydrogen-bond donors (Lipinski definition) is 1. The molecule has 0 unspecified atom stereocenters. The Morgan fingerprint density at radius 1 is 1.32 bits per heavy atom. The van der Waals surface area contributed by atoms with Crippen LogP contribution in [0, 0.1) is 0 Å². The number of carboxylic acids is 1. The number of aliphatic carboxylic acids is 1. The maximum Gasteiger partial charge on any atom is 0.414 e. The smallest absolute Gasteiger partial charge is 0.414 e. The second kappa shape index (κ2) is 6.38. The van der Waals surface area contributed by atoms with Gasteiger partial charge in [0.15, 0.2) is 0 Å². The molecule has 2 rings (SSSR count). The molecule has 0 fully saturated rings. The van der Waals surface area contributed by atoms with Crippen LogP contribution in [-0.2, 0) is 22.4 Å². The molecule has 120 valence electrons. The van der Waals surface area contributed by atoms with Gasteiger partial charge in [-0.25, -0.2) is 4.79 Å². The summed E-state index contributed by atoms with van der Waals surface area (Å²) in [6.45, 7) is 6.17. The molecule has 1 heterocycles. The van der Waals surface area contributed by atoms with Crippen molar-refractivity contribution in [2.45, 2.75) is 52.1 Å². The van der Waals surface area contributed by atoms with Gasteiger partial charge in [-0.15, -0.1) is 0 Å². The van der Waals surface area contributed by atoms with Crippen molar-refractivity contribution < 1.29 is 19.4 Å². The van der Waals surface area contributed by atoms with Gasteiger partial charge in [0, 0.05) is 13.0 Å². The third-order valence-electron chi connectivity index (χ3n) is 3.58. The summed E-state index contributed by atoms with van der Waals surface area (Å²) < 4.78 is 5.44. The molecule has 0 radical (unpaired) electrons. The van der Waals surface area contributed by atoms with E-state index in [2.05, 4.69) is 0 Å². The zero-order chi connectivity index (χ0) is 16.3. The summed E-state index contributed by atoms with van der Waals surface area (Å²) in [5, 5.41) is 8.74. The largest absolute Gasteiger partial charge is 0.481 e. The average molecular weight is 305 g/mol. The summed E-state index contributed by atoms with van der Waals surface area (Å²) in [6.07, 6.45) is 1.96. The number of anilines is 1. The van der Waals surface area contributed by atoms with Crippen molar-refractivity contribution in [3.8, 4) is 0 Å². The number of nitrogens with zero attached hydrogens (tertiary/aromatic N) is 1. The summed E-state index contributed by atoms with van der Waals surface area (Å²) in [7, 11) is 0. The maximum atomic E-state index is 12.3. The van der Waals surface area contributed by atoms with Gasteiger partial charge < -0.3 is 9.84 Å². The zero-order valence-electron chi connectivity index (χ0n) is 13.4. The van der Waals surface area contributed by atoms with E-state index in [1.54, 1.807) is 4.90 Å². The molecule has 0 saturated carbocycles. The summed E-state index contributed by atoms with van der Waals surface area (Å²) in [6, 6.07) is 5.85. The standard InChI is InChI=1S/C17H23NO4/c1-17(2,3)22-16(21)18-11-10-13-12(6-4-8-14(13)18)7-5-9-15(19)20/h4,6,8H,5,7,9-11H2,1-3H3,(H,19,20). The second-order valence-electron chi connectivity index (χ2n) is 6.54. The van der Waals surface area contributed by atoms with E-state index in [4.69, 9.17) is 9.84 Å². The first kappa shape index (κ1) is 16.3. The third-order valence-corrected chi connectivity index (χ3v) is 3.58. The van der Waals surface area contributed by atoms with Crippen LogP contribution in [0.3, 0.4) is 0 Å². The Balaban J connectivity index is 2.12. The van der Waals surface area contributed by atoms with Gasteiger partial charge in [0.2, 0.25) is 0 Å². The molecule has 1 aromatic carbocycles. The lowest BCUT2D eigenvalue weighted by Gasteiger charge is -2.24. The summed E-state index contributed by atoms with van der Waals surface area (Å²) in [4.78, 5) is 24.6. The number of ether oxygens (including phenoxy) is 1. The van der Waals surface area contributed by atoms with Crippen LogP contribution in [0.15, 0.2) is 18.2 Å². The van der Waals surface area contributed by atoms with Crippen molar-refractivity contribution in [1.29, 1.82) is 0 Å². The lowest BCUT2D eigenvalue weighted by atomic mass is 10.00. The van der Waals surface area contributed by atoms with Crippen molar-refractivity contribution in [3.63, 3.8) is 0 Å². The minimum Gasteiger partial charge on any atom is -0.481 e. The molecule has 22 heavy (non-hydrogen) atoms. The number of hydrogen-bond acceptors (Lipinski definition) is 3. The normalized spacial score (nSPS) is 13.9. The highest BCUT2D eigenvalue weighted by molar-refractivity contribution is 5.90. The number of amides is 1. The summed E-state index contributed by atoms with van der Waals surface area (Å²) in [5.41, 5.74) is 2.64. The van der Waals surface area contributed by atoms with Crippen molar-refractivity contribution in [2.75, 3.05) is 11.4 Å². The minimum atomic E-state index is -0.775. The van der Waals surface area contributed by atoms with Gasteiger partial charge in [0.25, 0.3) is 0 Å². The number of rotatable bonds is 4. The molecule has 1 amide bonds. The first-order valence-electron chi connectivity index (χ1n) is 7.61. The number of benzene rings is 1. The molecule has 5 nitrogen and oxygen atoms in total. The minimum absolute atomic E-state index is 0.166. The number of carboxylic acid groups (broad SMARTS) is 1. The number of carbonyl (C=O) groups is 2. The highest BCUT2D eigenvalue weighted by Gasteiger charge is 2.29. The Hall–Kier alpha value is -2.04. The van der Waals surface area contributed by atoms with Crippen LogP contribution in [0.2, 0.25) is 0 Å². The van der Waals surface area contributed by atoms with Gasteiger partial charge >= 0.3 is 12.1 Å². The fourth-order valence-corrected chi connectivity index (χ4v) is 2.68. The molecule has 1 aromatic rings. The Kier molecular flexibility index (Phi) is 4.74. The van der Waals surface area contributed by atoms with Gasteiger partial charge in [0.05, 0.1) is 5.69 Å². The van der Waals surface area contributed by atoms with E-state index in [0.717, 1.165) is 29.7 Å². The molecular weight excluding hydrogens is 282 g/mol. The number of aryl methyl sites for hydroxylation is 1. The third kappa shape index (κ3) is 4.00. The van der Waals surface area contributed by atoms with Crippen molar-refractivity contribution in [3.05, 3.63) is 29.3 Å². The Labute approximate surface area is 130 Å². The quantitative estimate of drug-likeness (QED) is 0.926. The van der Waals surface area contributed by atoms with Crippen LogP contribution in [0.25, 0.3) is 0 Å². The fraction of sp³-hybridized carbons (Fsp3) is 0.529. The summed E-state index contributed by atoms with van der Waals surface area (Å²) >= 11 is 0. The fourth-order valence-electron chi connectivity index (χ4n) is 2.68. The van der Waals surface area contributed by atoms with E-state index in [1.807, 2.05) is 39.0 Å². The Morgan fingerprint density at radius 3 is 2.68 bits per heavy atom. The van der Waals surface area contributed by atoms with Crippen LogP contribution in [0.4, 0.5) is 10.5 Å². The zero-order valence-corrected chi connectivity index (χ0v) is 13.4. The van der Waals surface area contributed by atoms with Gasteiger partial charge in [-0.3, -0.25) is 9.69 Å². The van der Waals surface area contributed by atoms with Crippen molar-refractivity contribution in [2.24, 2.45) is 0 Å². The lowest BCUT2D eigenvalue weighted by molar-refractivity contribution is -0.137. The molecule has 0 saturated heterocycles. The first-order chi connectivity index (χ1) is 10.3. The molecule has 0 spiro atoms. The van der Waals surface area contributed by atoms with Crippen LogP contribution >= 0.6 is 0 Å². The van der Waals surface area contributed by atoms with Gasteiger partial charge in [-0.1, -0.05) is 12.1 Å². The van der Waals surface area contributed by atoms with Crippen LogP contribution in [-0.4, -0.2) is 29.3 Å². The van der Waals surface area contributed by atoms with E-state index in [-0.39, 0.29) is 12.5 Å². The SMILES string of the molecule is CC(C)(C)OC(=O)N1CCc2c(CCCC(=O)O)cccc21. The van der Waals surface area contributed by atoms with Gasteiger partial charge in [0.1, 0.15) is 5.60 Å². The molecular formula is C17H23NO4. The van der Waals surface area contributed by atoms with E-state index >= 15 is 0 Å². The number of fused-ring (bicyclic) bond motifs is 1. The van der Waals surface area contributed by atoms with Crippen LogP contribution in [0.5, 0.6) is 0 Å². The summed E-state index contributed by atoms with van der Waals surface area (Å²) in [5.74, 6) is -0.775. The van der Waals surface area contributed by atoms with Crippen molar-refractivity contribution >= 4 is 17.7 Å². The topological polar surface area (TPSA) is 66.8 Å². The predicted octanol–water partition coefficient (Wildman–Crippen LogP) is 3.39. The average Bonchev–Trinajstić information content (AvgIpc) is 2.81. The highest BCUT2D eigenvalue weighted by atomic mass is 16.6. The lowest BCUT2D eigenvalue weighted by Crippen LogP contribution is -2.35. The van der Waals surface area contributed by atoms with Crippen LogP contribution < -0.4 is 4.90 Å². The monoisotopic (exact) mass is 305 g/mol. The molecule has 1 N–H and O–H groups in total.